The van der Waals surface area contributed by atoms with E-state index in [1.54, 1.807) is 29.1 Å². The third-order valence-electron chi connectivity index (χ3n) is 5.69. The summed E-state index contributed by atoms with van der Waals surface area (Å²) in [5, 5.41) is 26.6. The van der Waals surface area contributed by atoms with Gasteiger partial charge in [0.05, 0.1) is 40.9 Å². The Morgan fingerprint density at radius 3 is 2.46 bits per heavy atom. The lowest BCUT2D eigenvalue weighted by Gasteiger charge is -2.23. The van der Waals surface area contributed by atoms with Crippen molar-refractivity contribution in [2.75, 3.05) is 17.2 Å². The summed E-state index contributed by atoms with van der Waals surface area (Å²) < 4.78 is 11.4. The Labute approximate surface area is 229 Å². The highest BCUT2D eigenvalue weighted by molar-refractivity contribution is 6.36. The van der Waals surface area contributed by atoms with E-state index in [0.29, 0.717) is 55.7 Å². The number of hydrogen-bond donors (Lipinski definition) is 2. The number of rotatable bonds is 6. The van der Waals surface area contributed by atoms with E-state index in [1.165, 1.54) is 6.20 Å². The predicted molar refractivity (Wildman–Crippen MR) is 151 cm³/mol. The van der Waals surface area contributed by atoms with E-state index in [1.807, 2.05) is 39.0 Å². The molecule has 4 aromatic rings. The fourth-order valence-electron chi connectivity index (χ4n) is 3.74. The molecule has 192 valence electrons. The van der Waals surface area contributed by atoms with Crippen molar-refractivity contribution >= 4 is 45.5 Å². The number of anilines is 2. The molecule has 0 radical (unpaired) electrons. The van der Waals surface area contributed by atoms with Crippen molar-refractivity contribution in [3.05, 3.63) is 75.7 Å². The fourth-order valence-corrected chi connectivity index (χ4v) is 4.24. The summed E-state index contributed by atoms with van der Waals surface area (Å²) in [5.74, 6) is 0. The summed E-state index contributed by atoms with van der Waals surface area (Å²) in [6, 6.07) is 11.3. The second-order valence-electron chi connectivity index (χ2n) is 11.1. The van der Waals surface area contributed by atoms with E-state index in [4.69, 9.17) is 23.2 Å². The van der Waals surface area contributed by atoms with Crippen LogP contribution >= 0.6 is 23.2 Å². The predicted octanol–water partition coefficient (Wildman–Crippen LogP) is 7.42. The van der Waals surface area contributed by atoms with Gasteiger partial charge in [0.1, 0.15) is 11.8 Å². The van der Waals surface area contributed by atoms with Gasteiger partial charge in [-0.15, -0.1) is 5.10 Å². The zero-order valence-corrected chi connectivity index (χ0v) is 23.3. The van der Waals surface area contributed by atoms with Gasteiger partial charge in [-0.1, -0.05) is 67.4 Å². The number of nitrogens with zero attached hydrogens (tertiary/aromatic N) is 5. The molecule has 0 saturated heterocycles. The molecule has 1 unspecified atom stereocenters. The topological polar surface area (TPSA) is 91.5 Å². The number of fused-ring (bicyclic) bond motifs is 1. The molecule has 0 aliphatic carbocycles. The van der Waals surface area contributed by atoms with Crippen LogP contribution in [0.5, 0.6) is 0 Å². The number of nitriles is 1. The Bertz CT molecular complexity index is 1530. The lowest BCUT2D eigenvalue weighted by molar-refractivity contribution is 0.347. The summed E-state index contributed by atoms with van der Waals surface area (Å²) in [4.78, 5) is 4.44. The van der Waals surface area contributed by atoms with Crippen LogP contribution < -0.4 is 10.6 Å². The molecule has 1 atom stereocenters. The lowest BCUT2D eigenvalue weighted by Crippen LogP contribution is -2.22. The minimum Gasteiger partial charge on any atom is -0.383 e. The van der Waals surface area contributed by atoms with E-state index in [-0.39, 0.29) is 11.0 Å². The van der Waals surface area contributed by atoms with Gasteiger partial charge < -0.3 is 10.6 Å². The minimum atomic E-state index is -1.60. The van der Waals surface area contributed by atoms with Gasteiger partial charge in [-0.3, -0.25) is 4.98 Å². The third kappa shape index (κ3) is 5.98. The Morgan fingerprint density at radius 1 is 1.11 bits per heavy atom. The molecule has 7 nitrogen and oxygen atoms in total. The molecule has 2 aromatic heterocycles. The zero-order chi connectivity index (χ0) is 27.9. The minimum absolute atomic E-state index is 0.0265. The van der Waals surface area contributed by atoms with Gasteiger partial charge in [0.15, 0.2) is 0 Å². The Morgan fingerprint density at radius 2 is 1.84 bits per heavy atom. The second-order valence-corrected chi connectivity index (χ2v) is 11.9. The van der Waals surface area contributed by atoms with E-state index >= 15 is 0 Å². The van der Waals surface area contributed by atoms with Gasteiger partial charge in [0, 0.05) is 28.8 Å². The first-order valence-corrected chi connectivity index (χ1v) is 12.7. The van der Waals surface area contributed by atoms with Crippen molar-refractivity contribution in [1.29, 1.82) is 5.26 Å². The highest BCUT2D eigenvalue weighted by atomic mass is 35.5. The highest BCUT2D eigenvalue weighted by Gasteiger charge is 2.24. The molecule has 0 aliphatic rings. The van der Waals surface area contributed by atoms with Crippen molar-refractivity contribution in [1.82, 2.24) is 20.0 Å². The maximum absolute atomic E-state index is 9.79. The van der Waals surface area contributed by atoms with Gasteiger partial charge in [-0.25, -0.2) is 4.68 Å². The van der Waals surface area contributed by atoms with Crippen LogP contribution in [0.15, 0.2) is 48.8 Å². The molecule has 2 heterocycles. The first kappa shape index (κ1) is 25.3. The van der Waals surface area contributed by atoms with Crippen molar-refractivity contribution < 1.29 is 1.37 Å². The molecular formula is C28H31Cl2N7. The maximum atomic E-state index is 9.79. The molecule has 0 bridgehead atoms. The first-order valence-electron chi connectivity index (χ1n) is 12.5. The molecule has 0 spiro atoms. The van der Waals surface area contributed by atoms with Crippen molar-refractivity contribution in [3.8, 4) is 6.07 Å². The molecule has 0 amide bonds. The average molecular weight is 538 g/mol. The van der Waals surface area contributed by atoms with Crippen LogP contribution in [0.4, 0.5) is 11.4 Å². The number of pyridine rings is 1. The van der Waals surface area contributed by atoms with Crippen LogP contribution in [-0.2, 0) is 5.54 Å². The molecule has 2 aromatic carbocycles. The van der Waals surface area contributed by atoms with Crippen LogP contribution in [0.2, 0.25) is 10.0 Å². The highest BCUT2D eigenvalue weighted by Crippen LogP contribution is 2.37. The number of nitrogens with one attached hydrogen (secondary N) is 2. The van der Waals surface area contributed by atoms with Crippen LogP contribution in [0, 0.1) is 16.7 Å². The van der Waals surface area contributed by atoms with Gasteiger partial charge in [0.25, 0.3) is 0 Å². The quantitative estimate of drug-likeness (QED) is 0.266. The lowest BCUT2D eigenvalue weighted by atomic mass is 9.96. The zero-order valence-electron chi connectivity index (χ0n) is 22.8. The van der Waals surface area contributed by atoms with E-state index in [2.05, 4.69) is 52.8 Å². The molecule has 2 N–H and O–H groups in total. The monoisotopic (exact) mass is 536 g/mol. The first-order chi connectivity index (χ1) is 17.7. The van der Waals surface area contributed by atoms with Crippen LogP contribution in [0.25, 0.3) is 10.9 Å². The summed E-state index contributed by atoms with van der Waals surface area (Å²) >= 11 is 13.3. The van der Waals surface area contributed by atoms with Crippen LogP contribution in [0.1, 0.15) is 65.8 Å². The standard InChI is InChI=1S/C28H31Cl2N7/c1-27(2,3)16-33-24-17(13-31)14-32-25-20(24)11-18(12-22(25)30)34-26(19-9-7-8-10-21(19)29)23-15-37(36-35-23)28(4,5)6/h7-12,14-15,26,34H,16H2,1-6H3,(H,32,33)/i26D. The summed E-state index contributed by atoms with van der Waals surface area (Å²) in [6.45, 7) is 13.0. The number of aromatic nitrogens is 4. The van der Waals surface area contributed by atoms with Crippen molar-refractivity contribution in [3.63, 3.8) is 0 Å². The molecule has 37 heavy (non-hydrogen) atoms. The fraction of sp³-hybridized carbons (Fsp3) is 0.357. The normalized spacial score (nSPS) is 14.1. The largest absolute Gasteiger partial charge is 0.383 e. The summed E-state index contributed by atoms with van der Waals surface area (Å²) in [6.07, 6.45) is 3.27. The number of benzene rings is 2. The summed E-state index contributed by atoms with van der Waals surface area (Å²) in [5.41, 5.74) is 2.67. The number of hydrogen-bond acceptors (Lipinski definition) is 6. The van der Waals surface area contributed by atoms with Gasteiger partial charge in [0.2, 0.25) is 0 Å². The van der Waals surface area contributed by atoms with Crippen LogP contribution in [-0.4, -0.2) is 26.5 Å². The maximum Gasteiger partial charge on any atom is 0.110 e. The van der Waals surface area contributed by atoms with E-state index in [0.717, 1.165) is 0 Å². The molecule has 0 saturated carbocycles. The molecular weight excluding hydrogens is 505 g/mol. The van der Waals surface area contributed by atoms with Crippen LogP contribution in [0.3, 0.4) is 0 Å². The van der Waals surface area contributed by atoms with Crippen molar-refractivity contribution in [2.45, 2.75) is 53.1 Å². The van der Waals surface area contributed by atoms with E-state index < -0.39 is 6.02 Å². The SMILES string of the molecule is [2H]C(Nc1cc(Cl)c2ncc(C#N)c(NCC(C)(C)C)c2c1)(c1cn(C(C)(C)C)nn1)c1ccccc1Cl. The molecule has 0 aliphatic heterocycles. The summed E-state index contributed by atoms with van der Waals surface area (Å²) in [7, 11) is 0. The van der Waals surface area contributed by atoms with E-state index in [9.17, 15) is 6.63 Å². The Balaban J connectivity index is 1.89. The second kappa shape index (κ2) is 10.2. The van der Waals surface area contributed by atoms with Gasteiger partial charge in [-0.2, -0.15) is 5.26 Å². The molecule has 0 fully saturated rings. The smallest absolute Gasteiger partial charge is 0.110 e. The third-order valence-corrected chi connectivity index (χ3v) is 6.31. The molecule has 9 heteroatoms. The Kier molecular flexibility index (Phi) is 6.98. The van der Waals surface area contributed by atoms with Crippen molar-refractivity contribution in [2.24, 2.45) is 5.41 Å². The number of halogens is 2. The van der Waals surface area contributed by atoms with Gasteiger partial charge in [-0.05, 0) is 49.9 Å². The Hall–Kier alpha value is -3.34. The van der Waals surface area contributed by atoms with Gasteiger partial charge >= 0.3 is 0 Å². The average Bonchev–Trinajstić information content (AvgIpc) is 3.34. The molecule has 4 rings (SSSR count).